The van der Waals surface area contributed by atoms with Crippen LogP contribution in [0.2, 0.25) is 0 Å². The third-order valence-electron chi connectivity index (χ3n) is 3.54. The van der Waals surface area contributed by atoms with Gasteiger partial charge in [0.05, 0.1) is 17.9 Å². The molecular formula is C17H17N3O3S3. The molecule has 0 saturated heterocycles. The molecule has 3 N–H and O–H groups in total. The van der Waals surface area contributed by atoms with Crippen LogP contribution in [0.25, 0.3) is 10.6 Å². The molecule has 0 atom stereocenters. The molecule has 2 heterocycles. The largest absolute Gasteiger partial charge is 0.352 e. The lowest BCUT2D eigenvalue weighted by molar-refractivity contribution is -0.120. The van der Waals surface area contributed by atoms with E-state index in [0.717, 1.165) is 21.8 Å². The molecule has 0 spiro atoms. The first-order valence-corrected chi connectivity index (χ1v) is 11.2. The van der Waals surface area contributed by atoms with Crippen molar-refractivity contribution in [3.63, 3.8) is 0 Å². The predicted octanol–water partition coefficient (Wildman–Crippen LogP) is 2.52. The number of nitrogens with two attached hydrogens (primary N) is 1. The summed E-state index contributed by atoms with van der Waals surface area (Å²) >= 11 is 3.14. The van der Waals surface area contributed by atoms with E-state index in [0.29, 0.717) is 12.1 Å². The highest BCUT2D eigenvalue weighted by molar-refractivity contribution is 7.88. The smallest absolute Gasteiger partial charge is 0.226 e. The highest BCUT2D eigenvalue weighted by Crippen LogP contribution is 2.25. The van der Waals surface area contributed by atoms with E-state index in [2.05, 4.69) is 10.3 Å². The van der Waals surface area contributed by atoms with Crippen LogP contribution in [-0.2, 0) is 33.5 Å². The first-order valence-electron chi connectivity index (χ1n) is 7.71. The normalized spacial score (nSPS) is 11.4. The molecule has 0 aliphatic heterocycles. The summed E-state index contributed by atoms with van der Waals surface area (Å²) in [7, 11) is -3.54. The molecule has 1 aromatic carbocycles. The number of carbonyl (C=O) groups is 1. The maximum atomic E-state index is 12.1. The molecule has 0 radical (unpaired) electrons. The second kappa shape index (κ2) is 8.09. The van der Waals surface area contributed by atoms with Crippen molar-refractivity contribution in [3.8, 4) is 10.6 Å². The number of nitrogens with one attached hydrogen (secondary N) is 1. The Balaban J connectivity index is 1.51. The Morgan fingerprint density at radius 2 is 1.85 bits per heavy atom. The Labute approximate surface area is 159 Å². The van der Waals surface area contributed by atoms with Crippen molar-refractivity contribution in [3.05, 3.63) is 63.3 Å². The number of nitrogens with zero attached hydrogens (tertiary/aromatic N) is 1. The fourth-order valence-electron chi connectivity index (χ4n) is 2.32. The van der Waals surface area contributed by atoms with Crippen molar-refractivity contribution < 1.29 is 13.2 Å². The van der Waals surface area contributed by atoms with Crippen molar-refractivity contribution in [1.82, 2.24) is 10.3 Å². The Morgan fingerprint density at radius 3 is 2.50 bits per heavy atom. The molecular weight excluding hydrogens is 390 g/mol. The average molecular weight is 408 g/mol. The number of hydrogen-bond donors (Lipinski definition) is 2. The van der Waals surface area contributed by atoms with Crippen LogP contribution in [-0.4, -0.2) is 19.3 Å². The number of amides is 1. The molecule has 1 amide bonds. The van der Waals surface area contributed by atoms with E-state index in [9.17, 15) is 13.2 Å². The lowest BCUT2D eigenvalue weighted by atomic mass is 10.1. The third kappa shape index (κ3) is 5.46. The molecule has 136 valence electrons. The van der Waals surface area contributed by atoms with Crippen molar-refractivity contribution in [1.29, 1.82) is 0 Å². The van der Waals surface area contributed by atoms with Gasteiger partial charge in [0, 0.05) is 22.9 Å². The van der Waals surface area contributed by atoms with E-state index in [1.807, 2.05) is 22.2 Å². The number of benzene rings is 1. The van der Waals surface area contributed by atoms with E-state index >= 15 is 0 Å². The Morgan fingerprint density at radius 1 is 1.12 bits per heavy atom. The number of rotatable bonds is 7. The van der Waals surface area contributed by atoms with Gasteiger partial charge in [-0.1, -0.05) is 24.3 Å². The number of aromatic nitrogens is 1. The maximum absolute atomic E-state index is 12.1. The SMILES string of the molecule is NS(=O)(=O)Cc1ccc(CNC(=O)Cc2csc(-c3ccsc3)n2)cc1. The van der Waals surface area contributed by atoms with Crippen molar-refractivity contribution in [2.24, 2.45) is 5.14 Å². The summed E-state index contributed by atoms with van der Waals surface area (Å²) < 4.78 is 22.1. The molecule has 3 rings (SSSR count). The van der Waals surface area contributed by atoms with Crippen LogP contribution >= 0.6 is 22.7 Å². The second-order valence-electron chi connectivity index (χ2n) is 5.73. The molecule has 6 nitrogen and oxygen atoms in total. The Bertz CT molecular complexity index is 978. The molecule has 0 saturated carbocycles. The molecule has 0 aliphatic carbocycles. The molecule has 0 unspecified atom stereocenters. The number of carbonyl (C=O) groups excluding carboxylic acids is 1. The van der Waals surface area contributed by atoms with Gasteiger partial charge in [0.25, 0.3) is 0 Å². The lowest BCUT2D eigenvalue weighted by Crippen LogP contribution is -2.24. The summed E-state index contributed by atoms with van der Waals surface area (Å²) in [5, 5.41) is 14.7. The van der Waals surface area contributed by atoms with Crippen molar-refractivity contribution >= 4 is 38.6 Å². The van der Waals surface area contributed by atoms with Gasteiger partial charge in [-0.3, -0.25) is 4.79 Å². The summed E-state index contributed by atoms with van der Waals surface area (Å²) in [6.07, 6.45) is 0.226. The van der Waals surface area contributed by atoms with Gasteiger partial charge < -0.3 is 5.32 Å². The summed E-state index contributed by atoms with van der Waals surface area (Å²) in [4.78, 5) is 16.6. The van der Waals surface area contributed by atoms with Gasteiger partial charge in [0.15, 0.2) is 0 Å². The van der Waals surface area contributed by atoms with E-state index in [4.69, 9.17) is 5.14 Å². The van der Waals surface area contributed by atoms with Crippen LogP contribution in [0, 0.1) is 0 Å². The molecule has 9 heteroatoms. The molecule has 0 fully saturated rings. The van der Waals surface area contributed by atoms with Crippen LogP contribution in [0.3, 0.4) is 0 Å². The predicted molar refractivity (Wildman–Crippen MR) is 104 cm³/mol. The Hall–Kier alpha value is -2.07. The highest BCUT2D eigenvalue weighted by Gasteiger charge is 2.10. The van der Waals surface area contributed by atoms with Crippen LogP contribution in [0.5, 0.6) is 0 Å². The van der Waals surface area contributed by atoms with Crippen molar-refractivity contribution in [2.75, 3.05) is 0 Å². The van der Waals surface area contributed by atoms with E-state index in [1.165, 1.54) is 11.3 Å². The van der Waals surface area contributed by atoms with E-state index in [1.54, 1.807) is 35.6 Å². The summed E-state index contributed by atoms with van der Waals surface area (Å²) in [6, 6.07) is 8.95. The monoisotopic (exact) mass is 407 g/mol. The second-order valence-corrected chi connectivity index (χ2v) is 8.99. The van der Waals surface area contributed by atoms with Crippen LogP contribution in [0.15, 0.2) is 46.5 Å². The highest BCUT2D eigenvalue weighted by atomic mass is 32.2. The third-order valence-corrected chi connectivity index (χ3v) is 5.90. The standard InChI is InChI=1S/C17H17N3O3S3/c18-26(22,23)11-13-3-1-12(2-4-13)8-19-16(21)7-15-10-25-17(20-15)14-5-6-24-9-14/h1-6,9-10H,7-8,11H2,(H,19,21)(H2,18,22,23). The minimum Gasteiger partial charge on any atom is -0.352 e. The molecule has 2 aromatic heterocycles. The minimum atomic E-state index is -3.54. The molecule has 0 bridgehead atoms. The quantitative estimate of drug-likeness (QED) is 0.628. The van der Waals surface area contributed by atoms with Gasteiger partial charge >= 0.3 is 0 Å². The first kappa shape index (κ1) is 18.7. The zero-order valence-corrected chi connectivity index (χ0v) is 16.2. The average Bonchev–Trinajstić information content (AvgIpc) is 3.24. The van der Waals surface area contributed by atoms with Gasteiger partial charge in [-0.25, -0.2) is 18.5 Å². The van der Waals surface area contributed by atoms with Gasteiger partial charge in [-0.2, -0.15) is 11.3 Å². The first-order chi connectivity index (χ1) is 12.4. The number of primary sulfonamides is 1. The van der Waals surface area contributed by atoms with Gasteiger partial charge in [0.1, 0.15) is 5.01 Å². The zero-order chi connectivity index (χ0) is 18.6. The topological polar surface area (TPSA) is 102 Å². The van der Waals surface area contributed by atoms with E-state index in [-0.39, 0.29) is 18.1 Å². The van der Waals surface area contributed by atoms with Gasteiger partial charge in [-0.15, -0.1) is 11.3 Å². The van der Waals surface area contributed by atoms with E-state index < -0.39 is 10.0 Å². The number of thiazole rings is 1. The fraction of sp³-hybridized carbons (Fsp3) is 0.176. The van der Waals surface area contributed by atoms with Crippen LogP contribution < -0.4 is 10.5 Å². The number of hydrogen-bond acceptors (Lipinski definition) is 6. The zero-order valence-electron chi connectivity index (χ0n) is 13.7. The van der Waals surface area contributed by atoms with Crippen LogP contribution in [0.1, 0.15) is 16.8 Å². The van der Waals surface area contributed by atoms with Crippen molar-refractivity contribution in [2.45, 2.75) is 18.7 Å². The maximum Gasteiger partial charge on any atom is 0.226 e. The minimum absolute atomic E-state index is 0.110. The molecule has 26 heavy (non-hydrogen) atoms. The summed E-state index contributed by atoms with van der Waals surface area (Å²) in [5.41, 5.74) is 3.32. The van der Waals surface area contributed by atoms with Crippen LogP contribution in [0.4, 0.5) is 0 Å². The molecule has 3 aromatic rings. The number of thiophene rings is 1. The Kier molecular flexibility index (Phi) is 5.82. The summed E-state index contributed by atoms with van der Waals surface area (Å²) in [5.74, 6) is -0.309. The lowest BCUT2D eigenvalue weighted by Gasteiger charge is -2.06. The number of sulfonamides is 1. The van der Waals surface area contributed by atoms with Gasteiger partial charge in [-0.05, 0) is 22.6 Å². The molecule has 0 aliphatic rings. The fourth-order valence-corrected chi connectivity index (χ4v) is 4.51. The van der Waals surface area contributed by atoms with Gasteiger partial charge in [0.2, 0.25) is 15.9 Å². The summed E-state index contributed by atoms with van der Waals surface area (Å²) in [6.45, 7) is 0.371.